The third-order valence-corrected chi connectivity index (χ3v) is 4.19. The Labute approximate surface area is 148 Å². The normalized spacial score (nSPS) is 11.7. The lowest BCUT2D eigenvalue weighted by Gasteiger charge is -2.21. The fourth-order valence-corrected chi connectivity index (χ4v) is 2.90. The van der Waals surface area contributed by atoms with Gasteiger partial charge in [-0.25, -0.2) is 0 Å². The van der Waals surface area contributed by atoms with Gasteiger partial charge < -0.3 is 29.8 Å². The molecule has 3 N–H and O–H groups in total. The first-order chi connectivity index (χ1) is 12.1. The second-order valence-corrected chi connectivity index (χ2v) is 5.57. The molecule has 2 rings (SSSR count). The summed E-state index contributed by atoms with van der Waals surface area (Å²) >= 11 is 0. The van der Waals surface area contributed by atoms with Crippen LogP contribution in [0.3, 0.4) is 0 Å². The number of nitrogens with two attached hydrogens (primary N) is 1. The molecule has 0 aliphatic heterocycles. The molecule has 6 heteroatoms. The van der Waals surface area contributed by atoms with Crippen molar-refractivity contribution in [2.75, 3.05) is 35.0 Å². The SMILES string of the molecule is COc1cc(CC(CN)c2ccc(OC)c(OC)c2OC)ccc1O. The van der Waals surface area contributed by atoms with Gasteiger partial charge in [-0.1, -0.05) is 12.1 Å². The van der Waals surface area contributed by atoms with Gasteiger partial charge in [-0.15, -0.1) is 0 Å². The summed E-state index contributed by atoms with van der Waals surface area (Å²) in [5.74, 6) is 2.31. The highest BCUT2D eigenvalue weighted by atomic mass is 16.5. The van der Waals surface area contributed by atoms with Crippen molar-refractivity contribution in [2.24, 2.45) is 5.73 Å². The van der Waals surface area contributed by atoms with Crippen LogP contribution in [-0.4, -0.2) is 40.1 Å². The highest BCUT2D eigenvalue weighted by molar-refractivity contribution is 5.57. The van der Waals surface area contributed by atoms with E-state index in [1.54, 1.807) is 27.4 Å². The third-order valence-electron chi connectivity index (χ3n) is 4.19. The van der Waals surface area contributed by atoms with Crippen LogP contribution in [0, 0.1) is 0 Å². The van der Waals surface area contributed by atoms with E-state index in [1.807, 2.05) is 24.3 Å². The fraction of sp³-hybridized carbons (Fsp3) is 0.368. The molecule has 136 valence electrons. The zero-order valence-electron chi connectivity index (χ0n) is 15.0. The molecule has 0 aliphatic rings. The van der Waals surface area contributed by atoms with Crippen molar-refractivity contribution in [3.63, 3.8) is 0 Å². The Bertz CT molecular complexity index is 717. The van der Waals surface area contributed by atoms with Crippen LogP contribution >= 0.6 is 0 Å². The van der Waals surface area contributed by atoms with Gasteiger partial charge in [0.2, 0.25) is 5.75 Å². The van der Waals surface area contributed by atoms with Gasteiger partial charge in [0.05, 0.1) is 28.4 Å². The fourth-order valence-electron chi connectivity index (χ4n) is 2.90. The topological polar surface area (TPSA) is 83.2 Å². The molecule has 0 aromatic heterocycles. The predicted molar refractivity (Wildman–Crippen MR) is 96.3 cm³/mol. The zero-order valence-corrected chi connectivity index (χ0v) is 15.0. The zero-order chi connectivity index (χ0) is 18.4. The van der Waals surface area contributed by atoms with Gasteiger partial charge in [0.15, 0.2) is 23.0 Å². The van der Waals surface area contributed by atoms with E-state index in [-0.39, 0.29) is 11.7 Å². The maximum atomic E-state index is 9.75. The number of rotatable bonds is 8. The van der Waals surface area contributed by atoms with E-state index < -0.39 is 0 Å². The molecule has 0 heterocycles. The van der Waals surface area contributed by atoms with Crippen LogP contribution in [0.25, 0.3) is 0 Å². The molecule has 2 aromatic rings. The molecule has 6 nitrogen and oxygen atoms in total. The second kappa shape index (κ2) is 8.48. The Morgan fingerprint density at radius 1 is 0.880 bits per heavy atom. The Balaban J connectivity index is 2.41. The Kier molecular flexibility index (Phi) is 6.36. The van der Waals surface area contributed by atoms with Gasteiger partial charge in [-0.3, -0.25) is 0 Å². The monoisotopic (exact) mass is 347 g/mol. The first kappa shape index (κ1) is 18.7. The Morgan fingerprint density at radius 3 is 2.12 bits per heavy atom. The number of hydrogen-bond acceptors (Lipinski definition) is 6. The molecule has 0 amide bonds. The highest BCUT2D eigenvalue weighted by Crippen LogP contribution is 2.43. The number of benzene rings is 2. The maximum absolute atomic E-state index is 9.75. The summed E-state index contributed by atoms with van der Waals surface area (Å²) in [4.78, 5) is 0. The van der Waals surface area contributed by atoms with Crippen molar-refractivity contribution in [1.82, 2.24) is 0 Å². The number of phenolic OH excluding ortho intramolecular Hbond substituents is 1. The molecule has 0 radical (unpaired) electrons. The molecule has 0 saturated carbocycles. The lowest BCUT2D eigenvalue weighted by molar-refractivity contribution is 0.320. The number of hydrogen-bond donors (Lipinski definition) is 2. The van der Waals surface area contributed by atoms with Crippen molar-refractivity contribution in [2.45, 2.75) is 12.3 Å². The van der Waals surface area contributed by atoms with E-state index in [0.29, 0.717) is 36.0 Å². The largest absolute Gasteiger partial charge is 0.504 e. The quantitative estimate of drug-likeness (QED) is 0.764. The molecule has 0 fully saturated rings. The van der Waals surface area contributed by atoms with Crippen LogP contribution in [0.4, 0.5) is 0 Å². The van der Waals surface area contributed by atoms with Crippen molar-refractivity contribution in [1.29, 1.82) is 0 Å². The average molecular weight is 347 g/mol. The van der Waals surface area contributed by atoms with Gasteiger partial charge in [0.1, 0.15) is 0 Å². The molecule has 0 saturated heterocycles. The van der Waals surface area contributed by atoms with E-state index in [9.17, 15) is 5.11 Å². The van der Waals surface area contributed by atoms with Crippen LogP contribution < -0.4 is 24.7 Å². The van der Waals surface area contributed by atoms with Crippen LogP contribution in [0.5, 0.6) is 28.7 Å². The summed E-state index contributed by atoms with van der Waals surface area (Å²) in [7, 11) is 6.28. The molecular formula is C19H25NO5. The molecule has 0 bridgehead atoms. The highest BCUT2D eigenvalue weighted by Gasteiger charge is 2.22. The third kappa shape index (κ3) is 3.91. The van der Waals surface area contributed by atoms with Crippen LogP contribution in [-0.2, 0) is 6.42 Å². The standard InChI is InChI=1S/C19H25NO5/c1-22-16-8-6-14(18(24-3)19(16)25-4)13(11-20)9-12-5-7-15(21)17(10-12)23-2/h5-8,10,13,21H,9,11,20H2,1-4H3. The van der Waals surface area contributed by atoms with Crippen molar-refractivity contribution in [3.05, 3.63) is 41.5 Å². The number of aromatic hydroxyl groups is 1. The van der Waals surface area contributed by atoms with Gasteiger partial charge in [0, 0.05) is 11.5 Å². The van der Waals surface area contributed by atoms with Crippen LogP contribution in [0.15, 0.2) is 30.3 Å². The smallest absolute Gasteiger partial charge is 0.203 e. The number of phenols is 1. The van der Waals surface area contributed by atoms with Gasteiger partial charge in [-0.2, -0.15) is 0 Å². The average Bonchev–Trinajstić information content (AvgIpc) is 2.65. The van der Waals surface area contributed by atoms with Crippen LogP contribution in [0.1, 0.15) is 17.0 Å². The summed E-state index contributed by atoms with van der Waals surface area (Å²) in [6, 6.07) is 9.07. The molecule has 25 heavy (non-hydrogen) atoms. The van der Waals surface area contributed by atoms with E-state index in [2.05, 4.69) is 0 Å². The molecule has 1 unspecified atom stereocenters. The van der Waals surface area contributed by atoms with E-state index in [1.165, 1.54) is 7.11 Å². The minimum Gasteiger partial charge on any atom is -0.504 e. The van der Waals surface area contributed by atoms with Gasteiger partial charge in [-0.05, 0) is 36.7 Å². The summed E-state index contributed by atoms with van der Waals surface area (Å²) < 4.78 is 21.5. The van der Waals surface area contributed by atoms with Gasteiger partial charge in [0.25, 0.3) is 0 Å². The van der Waals surface area contributed by atoms with Crippen molar-refractivity contribution in [3.8, 4) is 28.7 Å². The summed E-state index contributed by atoms with van der Waals surface area (Å²) in [5.41, 5.74) is 7.97. The van der Waals surface area contributed by atoms with E-state index in [4.69, 9.17) is 24.7 Å². The summed E-state index contributed by atoms with van der Waals surface area (Å²) in [5, 5.41) is 9.75. The summed E-state index contributed by atoms with van der Waals surface area (Å²) in [6.07, 6.45) is 0.666. The lowest BCUT2D eigenvalue weighted by Crippen LogP contribution is -2.16. The molecule has 1 atom stereocenters. The van der Waals surface area contributed by atoms with E-state index >= 15 is 0 Å². The van der Waals surface area contributed by atoms with E-state index in [0.717, 1.165) is 11.1 Å². The van der Waals surface area contributed by atoms with Crippen molar-refractivity contribution < 1.29 is 24.1 Å². The van der Waals surface area contributed by atoms with Crippen LogP contribution in [0.2, 0.25) is 0 Å². The molecule has 2 aromatic carbocycles. The number of methoxy groups -OCH3 is 4. The number of ether oxygens (including phenoxy) is 4. The first-order valence-electron chi connectivity index (χ1n) is 7.94. The van der Waals surface area contributed by atoms with Gasteiger partial charge >= 0.3 is 0 Å². The lowest BCUT2D eigenvalue weighted by atomic mass is 9.90. The molecule has 0 aliphatic carbocycles. The van der Waals surface area contributed by atoms with Crippen molar-refractivity contribution >= 4 is 0 Å². The first-order valence-corrected chi connectivity index (χ1v) is 7.94. The Hall–Kier alpha value is -2.60. The molecule has 0 spiro atoms. The maximum Gasteiger partial charge on any atom is 0.203 e. The summed E-state index contributed by atoms with van der Waals surface area (Å²) in [6.45, 7) is 0.426. The Morgan fingerprint density at radius 2 is 1.56 bits per heavy atom. The minimum atomic E-state index is 0.00371. The minimum absolute atomic E-state index is 0.00371. The molecular weight excluding hydrogens is 322 g/mol. The second-order valence-electron chi connectivity index (χ2n) is 5.57. The predicted octanol–water partition coefficient (Wildman–Crippen LogP) is 2.71.